The van der Waals surface area contributed by atoms with Gasteiger partial charge in [0.05, 0.1) is 0 Å². The summed E-state index contributed by atoms with van der Waals surface area (Å²) < 4.78 is 5.10. The van der Waals surface area contributed by atoms with Crippen LogP contribution in [0.15, 0.2) is 6.07 Å². The Bertz CT molecular complexity index is 383. The molecule has 0 spiro atoms. The highest BCUT2D eigenvalue weighted by Gasteiger charge is 2.22. The molecule has 1 saturated heterocycles. The predicted octanol–water partition coefficient (Wildman–Crippen LogP) is 1.65. The molecule has 1 fully saturated rings. The highest BCUT2D eigenvalue weighted by Crippen LogP contribution is 2.25. The number of ether oxygens (including phenoxy) is 1. The topological polar surface area (TPSA) is 50.3 Å². The summed E-state index contributed by atoms with van der Waals surface area (Å²) in [6.07, 6.45) is 2.47. The highest BCUT2D eigenvalue weighted by atomic mass is 16.5. The predicted molar refractivity (Wildman–Crippen MR) is 68.3 cm³/mol. The minimum absolute atomic E-state index is 0.449. The summed E-state index contributed by atoms with van der Waals surface area (Å²) in [4.78, 5) is 11.3. The first kappa shape index (κ1) is 12.1. The van der Waals surface area contributed by atoms with Crippen molar-refractivity contribution >= 4 is 11.6 Å². The van der Waals surface area contributed by atoms with Gasteiger partial charge in [-0.05, 0) is 19.8 Å². The number of nitrogens with one attached hydrogen (secondary N) is 1. The standard InChI is InChI=1S/C12H20N4O/c1-9-5-4-6-16(9)12-7-10(13-2)14-11(15-12)8-17-3/h7,9H,4-6,8H2,1-3H3,(H,13,14,15). The van der Waals surface area contributed by atoms with Crippen LogP contribution in [0.4, 0.5) is 11.6 Å². The second kappa shape index (κ2) is 5.31. The van der Waals surface area contributed by atoms with E-state index >= 15 is 0 Å². The lowest BCUT2D eigenvalue weighted by atomic mass is 10.2. The average molecular weight is 236 g/mol. The molecule has 1 aliphatic heterocycles. The lowest BCUT2D eigenvalue weighted by Crippen LogP contribution is -2.27. The molecule has 1 aromatic rings. The second-order valence-electron chi connectivity index (χ2n) is 4.40. The molecule has 5 heteroatoms. The Labute approximate surface area is 102 Å². The van der Waals surface area contributed by atoms with Gasteiger partial charge in [-0.15, -0.1) is 0 Å². The van der Waals surface area contributed by atoms with Gasteiger partial charge in [0.1, 0.15) is 18.2 Å². The zero-order chi connectivity index (χ0) is 12.3. The van der Waals surface area contributed by atoms with Crippen LogP contribution in [0.1, 0.15) is 25.6 Å². The zero-order valence-corrected chi connectivity index (χ0v) is 10.7. The maximum Gasteiger partial charge on any atom is 0.158 e. The first-order chi connectivity index (χ1) is 8.24. The Balaban J connectivity index is 2.28. The summed E-state index contributed by atoms with van der Waals surface area (Å²) in [5, 5.41) is 3.07. The van der Waals surface area contributed by atoms with Crippen LogP contribution in [0.3, 0.4) is 0 Å². The van der Waals surface area contributed by atoms with Crippen LogP contribution in [0.5, 0.6) is 0 Å². The van der Waals surface area contributed by atoms with Crippen LogP contribution in [0.25, 0.3) is 0 Å². The maximum absolute atomic E-state index is 5.10. The van der Waals surface area contributed by atoms with Gasteiger partial charge in [-0.1, -0.05) is 0 Å². The molecule has 2 rings (SSSR count). The van der Waals surface area contributed by atoms with Crippen molar-refractivity contribution in [3.05, 3.63) is 11.9 Å². The summed E-state index contributed by atoms with van der Waals surface area (Å²) in [6, 6.07) is 2.56. The van der Waals surface area contributed by atoms with Gasteiger partial charge < -0.3 is 15.0 Å². The average Bonchev–Trinajstić information content (AvgIpc) is 2.75. The van der Waals surface area contributed by atoms with Crippen molar-refractivity contribution in [2.45, 2.75) is 32.4 Å². The molecule has 1 unspecified atom stereocenters. The molecular formula is C12H20N4O. The van der Waals surface area contributed by atoms with E-state index in [0.29, 0.717) is 12.6 Å². The van der Waals surface area contributed by atoms with Gasteiger partial charge in [0.25, 0.3) is 0 Å². The van der Waals surface area contributed by atoms with Gasteiger partial charge in [0, 0.05) is 32.8 Å². The molecular weight excluding hydrogens is 216 g/mol. The van der Waals surface area contributed by atoms with Gasteiger partial charge in [-0.3, -0.25) is 0 Å². The molecule has 0 aromatic carbocycles. The molecule has 0 radical (unpaired) electrons. The molecule has 1 aliphatic rings. The van der Waals surface area contributed by atoms with Crippen molar-refractivity contribution in [1.29, 1.82) is 0 Å². The number of rotatable bonds is 4. The Morgan fingerprint density at radius 1 is 1.53 bits per heavy atom. The monoisotopic (exact) mass is 236 g/mol. The molecule has 0 aliphatic carbocycles. The van der Waals surface area contributed by atoms with Gasteiger partial charge >= 0.3 is 0 Å². The van der Waals surface area contributed by atoms with Crippen LogP contribution >= 0.6 is 0 Å². The molecule has 2 heterocycles. The minimum Gasteiger partial charge on any atom is -0.377 e. The Kier molecular flexibility index (Phi) is 3.78. The third-order valence-corrected chi connectivity index (χ3v) is 3.14. The molecule has 5 nitrogen and oxygen atoms in total. The smallest absolute Gasteiger partial charge is 0.158 e. The number of aromatic nitrogens is 2. The van der Waals surface area contributed by atoms with Crippen LogP contribution in [0, 0.1) is 0 Å². The van der Waals surface area contributed by atoms with Crippen molar-refractivity contribution in [2.24, 2.45) is 0 Å². The molecule has 17 heavy (non-hydrogen) atoms. The number of anilines is 2. The summed E-state index contributed by atoms with van der Waals surface area (Å²) in [7, 11) is 3.53. The summed E-state index contributed by atoms with van der Waals surface area (Å²) in [5.74, 6) is 2.58. The summed E-state index contributed by atoms with van der Waals surface area (Å²) >= 11 is 0. The Morgan fingerprint density at radius 2 is 2.35 bits per heavy atom. The summed E-state index contributed by atoms with van der Waals surface area (Å²) in [5.41, 5.74) is 0. The zero-order valence-electron chi connectivity index (χ0n) is 10.7. The number of methoxy groups -OCH3 is 1. The number of hydrogen-bond acceptors (Lipinski definition) is 5. The highest BCUT2D eigenvalue weighted by molar-refractivity contribution is 5.50. The van der Waals surface area contributed by atoms with Gasteiger partial charge in [-0.2, -0.15) is 0 Å². The van der Waals surface area contributed by atoms with Crippen LogP contribution in [-0.2, 0) is 11.3 Å². The van der Waals surface area contributed by atoms with E-state index in [1.165, 1.54) is 12.8 Å². The lowest BCUT2D eigenvalue weighted by molar-refractivity contribution is 0.178. The maximum atomic E-state index is 5.10. The van der Waals surface area contributed by atoms with Crippen LogP contribution < -0.4 is 10.2 Å². The van der Waals surface area contributed by atoms with E-state index in [1.807, 2.05) is 13.1 Å². The SMILES string of the molecule is CNc1cc(N2CCCC2C)nc(COC)n1. The van der Waals surface area contributed by atoms with Gasteiger partial charge in [0.2, 0.25) is 0 Å². The first-order valence-corrected chi connectivity index (χ1v) is 6.06. The quantitative estimate of drug-likeness (QED) is 0.861. The second-order valence-corrected chi connectivity index (χ2v) is 4.40. The third kappa shape index (κ3) is 2.66. The van der Waals surface area contributed by atoms with Crippen LogP contribution in [0.2, 0.25) is 0 Å². The fourth-order valence-corrected chi connectivity index (χ4v) is 2.23. The molecule has 0 saturated carbocycles. The van der Waals surface area contributed by atoms with Crippen molar-refractivity contribution < 1.29 is 4.74 Å². The molecule has 94 valence electrons. The van der Waals surface area contributed by atoms with E-state index in [4.69, 9.17) is 4.74 Å². The number of hydrogen-bond donors (Lipinski definition) is 1. The lowest BCUT2D eigenvalue weighted by Gasteiger charge is -2.23. The van der Waals surface area contributed by atoms with E-state index < -0.39 is 0 Å². The minimum atomic E-state index is 0.449. The van der Waals surface area contributed by atoms with Crippen molar-refractivity contribution in [2.75, 3.05) is 30.9 Å². The van der Waals surface area contributed by atoms with Gasteiger partial charge in [0.15, 0.2) is 5.82 Å². The van der Waals surface area contributed by atoms with E-state index in [1.54, 1.807) is 7.11 Å². The van der Waals surface area contributed by atoms with Crippen molar-refractivity contribution in [1.82, 2.24) is 9.97 Å². The molecule has 0 amide bonds. The van der Waals surface area contributed by atoms with E-state index in [0.717, 1.165) is 24.0 Å². The largest absolute Gasteiger partial charge is 0.377 e. The first-order valence-electron chi connectivity index (χ1n) is 6.06. The van der Waals surface area contributed by atoms with Crippen molar-refractivity contribution in [3.8, 4) is 0 Å². The fraction of sp³-hybridized carbons (Fsp3) is 0.667. The Hall–Kier alpha value is -1.36. The third-order valence-electron chi connectivity index (χ3n) is 3.14. The van der Waals surface area contributed by atoms with Gasteiger partial charge in [-0.25, -0.2) is 9.97 Å². The molecule has 0 bridgehead atoms. The summed E-state index contributed by atoms with van der Waals surface area (Å²) in [6.45, 7) is 3.77. The fourth-order valence-electron chi connectivity index (χ4n) is 2.23. The molecule has 1 atom stereocenters. The van der Waals surface area contributed by atoms with E-state index in [2.05, 4.69) is 27.1 Å². The van der Waals surface area contributed by atoms with E-state index in [9.17, 15) is 0 Å². The normalized spacial score (nSPS) is 19.7. The van der Waals surface area contributed by atoms with E-state index in [-0.39, 0.29) is 0 Å². The Morgan fingerprint density at radius 3 is 2.94 bits per heavy atom. The van der Waals surface area contributed by atoms with Crippen molar-refractivity contribution in [3.63, 3.8) is 0 Å². The van der Waals surface area contributed by atoms with Crippen LogP contribution in [-0.4, -0.2) is 36.7 Å². The molecule has 1 aromatic heterocycles. The number of nitrogens with zero attached hydrogens (tertiary/aromatic N) is 3. The molecule has 1 N–H and O–H groups in total.